The fourth-order valence-corrected chi connectivity index (χ4v) is 1.94. The fourth-order valence-electron chi connectivity index (χ4n) is 1.94. The van der Waals surface area contributed by atoms with Crippen LogP contribution in [0.25, 0.3) is 5.70 Å². The molecule has 0 fully saturated rings. The van der Waals surface area contributed by atoms with E-state index in [2.05, 4.69) is 0 Å². The molecule has 17 heavy (non-hydrogen) atoms. The molecule has 0 amide bonds. The van der Waals surface area contributed by atoms with Crippen LogP contribution in [0, 0.1) is 10.1 Å². The molecule has 84 valence electrons. The first-order valence-electron chi connectivity index (χ1n) is 4.86. The van der Waals surface area contributed by atoms with Gasteiger partial charge in [0, 0.05) is 5.56 Å². The quantitative estimate of drug-likeness (QED) is 0.348. The molecule has 1 aliphatic carbocycles. The summed E-state index contributed by atoms with van der Waals surface area (Å²) in [6.07, 6.45) is 0.666. The average molecular weight is 259 g/mol. The Labute approximate surface area is 141 Å². The molecule has 0 atom stereocenters. The molecule has 1 aromatic carbocycles. The number of hydrogen-bond acceptors (Lipinski definition) is 4. The van der Waals surface area contributed by atoms with Crippen molar-refractivity contribution in [3.8, 4) is 5.75 Å². The van der Waals surface area contributed by atoms with E-state index in [1.165, 1.54) is 7.11 Å². The zero-order valence-electron chi connectivity index (χ0n) is 9.73. The third-order valence-electron chi connectivity index (χ3n) is 2.66. The van der Waals surface area contributed by atoms with Crippen LogP contribution in [0.1, 0.15) is 17.5 Å². The number of benzene rings is 1. The van der Waals surface area contributed by atoms with E-state index in [-0.39, 0.29) is 63.5 Å². The Morgan fingerprint density at radius 2 is 2.06 bits per heavy atom. The van der Waals surface area contributed by atoms with Crippen LogP contribution in [0.5, 0.6) is 5.75 Å². The Kier molecular flexibility index (Phi) is 5.15. The molecular weight excluding hydrogens is 249 g/mol. The molecule has 0 bridgehead atoms. The molecule has 0 heterocycles. The van der Waals surface area contributed by atoms with Crippen molar-refractivity contribution in [1.82, 2.24) is 0 Å². The number of ether oxygens (including phenoxy) is 1. The van der Waals surface area contributed by atoms with Crippen LogP contribution in [0.4, 0.5) is 0 Å². The molecule has 0 saturated carbocycles. The van der Waals surface area contributed by atoms with E-state index in [4.69, 9.17) is 4.74 Å². The molecule has 0 aliphatic heterocycles. The van der Waals surface area contributed by atoms with Crippen molar-refractivity contribution in [1.29, 1.82) is 0 Å². The molecule has 0 N–H and O–H groups in total. The maximum absolute atomic E-state index is 11.5. The van der Waals surface area contributed by atoms with E-state index in [1.807, 2.05) is 0 Å². The van der Waals surface area contributed by atoms with Crippen LogP contribution in [-0.2, 0) is 6.42 Å². The molecule has 0 saturated heterocycles. The summed E-state index contributed by atoms with van der Waals surface area (Å²) in [6.45, 7) is 0. The van der Waals surface area contributed by atoms with Crippen LogP contribution < -0.4 is 61.2 Å². The second-order valence-corrected chi connectivity index (χ2v) is 3.52. The number of nitrogens with zero attached hydrogens (tertiary/aromatic N) is 1. The Morgan fingerprint density at radius 1 is 1.35 bits per heavy atom. The Morgan fingerprint density at radius 3 is 2.65 bits per heavy atom. The van der Waals surface area contributed by atoms with Gasteiger partial charge in [-0.1, -0.05) is 11.8 Å². The zero-order chi connectivity index (χ0) is 11.7. The zero-order valence-corrected chi connectivity index (χ0v) is 12.8. The molecule has 0 spiro atoms. The van der Waals surface area contributed by atoms with Gasteiger partial charge in [0.25, 0.3) is 5.70 Å². The third kappa shape index (κ3) is 2.71. The van der Waals surface area contributed by atoms with Crippen LogP contribution in [0.3, 0.4) is 0 Å². The second-order valence-electron chi connectivity index (χ2n) is 3.52. The minimum Gasteiger partial charge on any atom is -0.871 e. The molecule has 0 radical (unpaired) electrons. The monoisotopic (exact) mass is 259 g/mol. The van der Waals surface area contributed by atoms with Gasteiger partial charge in [0.2, 0.25) is 0 Å². The van der Waals surface area contributed by atoms with Crippen molar-refractivity contribution in [2.75, 3.05) is 7.11 Å². The first-order valence-corrected chi connectivity index (χ1v) is 4.86. The third-order valence-corrected chi connectivity index (χ3v) is 2.66. The number of allylic oxidation sites excluding steroid dienone is 1. The van der Waals surface area contributed by atoms with Crippen LogP contribution >= 0.6 is 0 Å². The Hall–Kier alpha value is -0.404. The fraction of sp³-hybridized carbons (Fsp3) is 0.273. The Balaban J connectivity index is 0.00000144. The van der Waals surface area contributed by atoms with Gasteiger partial charge in [-0.05, 0) is 25.0 Å². The van der Waals surface area contributed by atoms with Crippen molar-refractivity contribution in [3.63, 3.8) is 0 Å². The van der Waals surface area contributed by atoms with Crippen molar-refractivity contribution in [2.45, 2.75) is 12.8 Å². The largest absolute Gasteiger partial charge is 1.00 e. The summed E-state index contributed by atoms with van der Waals surface area (Å²) >= 11 is 0. The molecule has 2 rings (SSSR count). The molecular formula is C11H10KNO4. The van der Waals surface area contributed by atoms with E-state index < -0.39 is 10.7 Å². The average Bonchev–Trinajstić information content (AvgIpc) is 2.27. The van der Waals surface area contributed by atoms with E-state index in [0.717, 1.165) is 5.56 Å². The van der Waals surface area contributed by atoms with Crippen molar-refractivity contribution in [2.24, 2.45) is 0 Å². The number of nitro groups is 1. The van der Waals surface area contributed by atoms with Gasteiger partial charge in [0.15, 0.2) is 0 Å². The summed E-state index contributed by atoms with van der Waals surface area (Å²) < 4.78 is 5.13. The van der Waals surface area contributed by atoms with Gasteiger partial charge < -0.3 is 9.84 Å². The molecule has 1 aromatic rings. The van der Waals surface area contributed by atoms with Gasteiger partial charge in [0.05, 0.1) is 17.6 Å². The topological polar surface area (TPSA) is 75.4 Å². The first-order chi connectivity index (χ1) is 7.65. The minimum atomic E-state index is -0.611. The van der Waals surface area contributed by atoms with Crippen molar-refractivity contribution in [3.05, 3.63) is 45.2 Å². The molecule has 0 unspecified atom stereocenters. The van der Waals surface area contributed by atoms with Gasteiger partial charge in [-0.15, -0.1) is 0 Å². The molecule has 6 heteroatoms. The summed E-state index contributed by atoms with van der Waals surface area (Å²) in [4.78, 5) is 10.2. The van der Waals surface area contributed by atoms with Crippen molar-refractivity contribution >= 4 is 5.70 Å². The summed E-state index contributed by atoms with van der Waals surface area (Å²) in [5.74, 6) is 0.190. The predicted octanol–water partition coefficient (Wildman–Crippen LogP) is -2.05. The summed E-state index contributed by atoms with van der Waals surface area (Å²) in [6, 6.07) is 4.99. The normalized spacial score (nSPS) is 13.7. The van der Waals surface area contributed by atoms with Crippen molar-refractivity contribution < 1.29 is 66.2 Å². The van der Waals surface area contributed by atoms with Crippen LogP contribution in [-0.4, -0.2) is 12.0 Å². The second kappa shape index (κ2) is 5.97. The Bertz CT molecular complexity index is 484. The number of fused-ring (bicyclic) bond motifs is 1. The number of methoxy groups -OCH3 is 1. The summed E-state index contributed by atoms with van der Waals surface area (Å²) in [5, 5.41) is 22.3. The summed E-state index contributed by atoms with van der Waals surface area (Å²) in [5.41, 5.74) is 0.817. The minimum absolute atomic E-state index is 0. The van der Waals surface area contributed by atoms with E-state index in [1.54, 1.807) is 18.2 Å². The maximum atomic E-state index is 11.5. The molecule has 5 nitrogen and oxygen atoms in total. The van der Waals surface area contributed by atoms with Crippen LogP contribution in [0.15, 0.2) is 24.0 Å². The van der Waals surface area contributed by atoms with Gasteiger partial charge in [-0.2, -0.15) is 0 Å². The number of hydrogen-bond donors (Lipinski definition) is 0. The number of rotatable bonds is 2. The first kappa shape index (κ1) is 14.7. The SMILES string of the molecule is COc1cccc2c1CCC([O-])=C2[N+](=O)[O-].[K+]. The summed E-state index contributed by atoms with van der Waals surface area (Å²) in [7, 11) is 1.51. The predicted molar refractivity (Wildman–Crippen MR) is 55.2 cm³/mol. The maximum Gasteiger partial charge on any atom is 1.00 e. The van der Waals surface area contributed by atoms with Gasteiger partial charge in [0.1, 0.15) is 5.75 Å². The molecule has 0 aromatic heterocycles. The van der Waals surface area contributed by atoms with Gasteiger partial charge in [-0.3, -0.25) is 10.1 Å². The van der Waals surface area contributed by atoms with E-state index in [0.29, 0.717) is 17.7 Å². The van der Waals surface area contributed by atoms with E-state index in [9.17, 15) is 15.2 Å². The standard InChI is InChI=1S/C11H11NO4.K/c1-16-10-4-2-3-8-7(10)5-6-9(13)11(8)12(14)15;/h2-4,13H,5-6H2,1H3;/q;+1/p-1. The van der Waals surface area contributed by atoms with Gasteiger partial charge >= 0.3 is 51.4 Å². The van der Waals surface area contributed by atoms with Gasteiger partial charge in [-0.25, -0.2) is 0 Å². The molecule has 1 aliphatic rings. The van der Waals surface area contributed by atoms with Crippen LogP contribution in [0.2, 0.25) is 0 Å². The smallest absolute Gasteiger partial charge is 0.871 e. The van der Waals surface area contributed by atoms with E-state index >= 15 is 0 Å².